The molecule has 2 atom stereocenters. The standard InChI is InChI=1S/C13H19F6I2N2O3/c1-6(2)5-7(10(25,11(14,15)16)12(17,18)19)26-8(24)9(3,20-4)13-21(22-13)23-13/h6-7,22-23,25H,5H2,1-4H3/q-1. The topological polar surface area (TPSA) is 90.4 Å². The van der Waals surface area contributed by atoms with Crippen molar-refractivity contribution in [2.45, 2.75) is 58.3 Å². The summed E-state index contributed by atoms with van der Waals surface area (Å²) in [7, 11) is 0. The predicted molar refractivity (Wildman–Crippen MR) is 83.7 cm³/mol. The molecule has 2 saturated heterocycles. The van der Waals surface area contributed by atoms with Crippen molar-refractivity contribution in [3.8, 4) is 0 Å². The van der Waals surface area contributed by atoms with Crippen molar-refractivity contribution in [3.63, 3.8) is 0 Å². The fourth-order valence-corrected chi connectivity index (χ4v) is 12.7. The van der Waals surface area contributed by atoms with E-state index in [1.807, 2.05) is 0 Å². The Bertz CT molecular complexity index is 565. The number of alkyl halides is 9. The van der Waals surface area contributed by atoms with Gasteiger partial charge in [0, 0.05) is 0 Å². The van der Waals surface area contributed by atoms with Crippen LogP contribution < -0.4 is 28.3 Å². The maximum absolute atomic E-state index is 13.2. The number of carbonyl (C=O) groups is 1. The number of aliphatic hydroxyl groups is 1. The first-order chi connectivity index (χ1) is 11.6. The molecule has 26 heavy (non-hydrogen) atoms. The summed E-state index contributed by atoms with van der Waals surface area (Å²) in [5.74, 6) is -1.81. The number of rotatable bonds is 7. The molecule has 0 bridgehead atoms. The number of nitrogens with one attached hydrogen (secondary N) is 2. The van der Waals surface area contributed by atoms with E-state index in [2.05, 4.69) is 7.06 Å². The molecular formula is C13H19F6I2N2O3-. The molecule has 2 unspecified atom stereocenters. The number of hydrogen-bond acceptors (Lipinski definition) is 5. The molecule has 0 radical (unpaired) electrons. The molecule has 3 N–H and O–H groups in total. The molecule has 156 valence electrons. The number of esters is 1. The van der Waals surface area contributed by atoms with Crippen LogP contribution in [0.5, 0.6) is 0 Å². The third-order valence-corrected chi connectivity index (χ3v) is 13.6. The van der Waals surface area contributed by atoms with Gasteiger partial charge in [-0.2, -0.15) is 0 Å². The van der Waals surface area contributed by atoms with Gasteiger partial charge in [0.2, 0.25) is 0 Å². The molecule has 0 amide bonds. The minimum atomic E-state index is -6.05. The van der Waals surface area contributed by atoms with Crippen LogP contribution in [0.4, 0.5) is 26.3 Å². The van der Waals surface area contributed by atoms with Crippen LogP contribution in [0, 0.1) is 5.92 Å². The molecule has 0 aromatic heterocycles. The van der Waals surface area contributed by atoms with Crippen LogP contribution in [-0.2, 0) is 9.53 Å². The number of ether oxygens (including phenoxy) is 1. The van der Waals surface area contributed by atoms with Gasteiger partial charge in [-0.3, -0.25) is 0 Å². The fourth-order valence-electron chi connectivity index (χ4n) is 2.43. The van der Waals surface area contributed by atoms with Gasteiger partial charge in [-0.15, -0.1) is 0 Å². The van der Waals surface area contributed by atoms with E-state index in [4.69, 9.17) is 4.74 Å². The van der Waals surface area contributed by atoms with Crippen LogP contribution in [-0.4, -0.2) is 47.2 Å². The summed E-state index contributed by atoms with van der Waals surface area (Å²) in [6.07, 6.45) is -15.7. The molecule has 2 rings (SSSR count). The molecule has 2 aliphatic rings. The van der Waals surface area contributed by atoms with Gasteiger partial charge in [0.1, 0.15) is 0 Å². The summed E-state index contributed by atoms with van der Waals surface area (Å²) in [6, 6.07) is 0. The average molecular weight is 619 g/mol. The molecule has 0 aromatic carbocycles. The Morgan fingerprint density at radius 2 is 1.62 bits per heavy atom. The molecule has 0 saturated carbocycles. The Kier molecular flexibility index (Phi) is 5.87. The van der Waals surface area contributed by atoms with Crippen molar-refractivity contribution >= 4 is 26.3 Å². The van der Waals surface area contributed by atoms with E-state index in [1.165, 1.54) is 20.8 Å². The molecule has 2 heterocycles. The second-order valence-corrected chi connectivity index (χ2v) is 14.2. The van der Waals surface area contributed by atoms with Crippen molar-refractivity contribution in [3.05, 3.63) is 0 Å². The summed E-state index contributed by atoms with van der Waals surface area (Å²) < 4.78 is 88.3. The van der Waals surface area contributed by atoms with Gasteiger partial charge in [0.15, 0.2) is 0 Å². The van der Waals surface area contributed by atoms with Gasteiger partial charge in [0.25, 0.3) is 0 Å². The van der Waals surface area contributed by atoms with Crippen molar-refractivity contribution in [1.82, 2.24) is 7.06 Å². The van der Waals surface area contributed by atoms with E-state index in [0.29, 0.717) is 0 Å². The molecule has 0 aliphatic carbocycles. The number of carbonyl (C=O) groups excluding carboxylic acids is 1. The summed E-state index contributed by atoms with van der Waals surface area (Å²) in [5, 5.41) is 9.67. The Morgan fingerprint density at radius 3 is 1.88 bits per heavy atom. The summed E-state index contributed by atoms with van der Waals surface area (Å²) in [6.45, 7) is 4.25. The Balaban J connectivity index is 2.36. The molecule has 0 spiro atoms. The first-order valence-electron chi connectivity index (χ1n) is 7.40. The van der Waals surface area contributed by atoms with Crippen LogP contribution in [0.2, 0.25) is 0 Å². The summed E-state index contributed by atoms with van der Waals surface area (Å²) in [4.78, 5) is 14.3. The van der Waals surface area contributed by atoms with Crippen molar-refractivity contribution in [1.29, 1.82) is 0 Å². The third-order valence-electron chi connectivity index (χ3n) is 4.33. The van der Waals surface area contributed by atoms with Gasteiger partial charge in [0.05, 0.1) is 0 Å². The van der Waals surface area contributed by atoms with Crippen LogP contribution in [0.15, 0.2) is 0 Å². The van der Waals surface area contributed by atoms with E-state index in [9.17, 15) is 36.2 Å². The van der Waals surface area contributed by atoms with Crippen molar-refractivity contribution in [2.75, 3.05) is 4.93 Å². The first kappa shape index (κ1) is 22.7. The third kappa shape index (κ3) is 3.43. The maximum atomic E-state index is 13.2. The van der Waals surface area contributed by atoms with E-state index >= 15 is 0 Å². The number of halogens is 8. The zero-order valence-corrected chi connectivity index (χ0v) is 18.5. The quantitative estimate of drug-likeness (QED) is 0.0680. The number of hydrogen-bond donors (Lipinski definition) is 3. The van der Waals surface area contributed by atoms with Gasteiger partial charge in [-0.25, -0.2) is 0 Å². The van der Waals surface area contributed by atoms with E-state index < -0.39 is 91.0 Å². The zero-order valence-electron chi connectivity index (χ0n) is 14.1. The van der Waals surface area contributed by atoms with Crippen molar-refractivity contribution < 1.29 is 62.2 Å². The summed E-state index contributed by atoms with van der Waals surface area (Å²) in [5.41, 5.74) is -5.13. The van der Waals surface area contributed by atoms with Crippen LogP contribution >= 0.6 is 20.4 Å². The molecule has 0 aromatic rings. The zero-order chi connectivity index (χ0) is 20.3. The predicted octanol–water partition coefficient (Wildman–Crippen LogP) is -0.526. The molecule has 13 heteroatoms. The molecular weight excluding hydrogens is 600 g/mol. The summed E-state index contributed by atoms with van der Waals surface area (Å²) >= 11 is -2.61. The normalized spacial score (nSPS) is 24.1. The minimum absolute atomic E-state index is 0.660. The Morgan fingerprint density at radius 1 is 1.19 bits per heavy atom. The van der Waals surface area contributed by atoms with Gasteiger partial charge >= 0.3 is 165 Å². The van der Waals surface area contributed by atoms with E-state index in [1.54, 1.807) is 4.93 Å². The first-order valence-corrected chi connectivity index (χ1v) is 13.9. The van der Waals surface area contributed by atoms with E-state index in [0.717, 1.165) is 0 Å². The second kappa shape index (κ2) is 6.73. The van der Waals surface area contributed by atoms with Gasteiger partial charge in [-0.1, -0.05) is 0 Å². The fraction of sp³-hybridized carbons (Fsp3) is 0.923. The van der Waals surface area contributed by atoms with Crippen molar-refractivity contribution in [2.24, 2.45) is 5.92 Å². The Hall–Kier alpha value is 0.390. The average Bonchev–Trinajstić information content (AvgIpc) is 3.31. The van der Waals surface area contributed by atoms with E-state index in [-0.39, 0.29) is 0 Å². The Labute approximate surface area is 164 Å². The molecule has 2 aliphatic heterocycles. The van der Waals surface area contributed by atoms with Gasteiger partial charge < -0.3 is 0 Å². The van der Waals surface area contributed by atoms with Crippen LogP contribution in [0.1, 0.15) is 27.2 Å². The van der Waals surface area contributed by atoms with Crippen LogP contribution in [0.25, 0.3) is 0 Å². The molecule has 2 fully saturated rings. The second-order valence-electron chi connectivity index (χ2n) is 6.61. The monoisotopic (exact) mass is 619 g/mol. The molecule has 5 nitrogen and oxygen atoms in total. The number of fused-ring (bicyclic) bond motifs is 1. The van der Waals surface area contributed by atoms with Crippen LogP contribution in [0.3, 0.4) is 0 Å². The van der Waals surface area contributed by atoms with Gasteiger partial charge in [-0.05, 0) is 0 Å². The SMILES string of the molecule is C[I-]C(C)(C(=O)OC(CC(C)C)C(O)(C(F)(F)F)C(F)(F)F)C12NI1N2.